The van der Waals surface area contributed by atoms with Gasteiger partial charge in [0.05, 0.1) is 5.52 Å². The van der Waals surface area contributed by atoms with Gasteiger partial charge in [-0.05, 0) is 24.1 Å². The number of nitrogens with zero attached hydrogens (tertiary/aromatic N) is 1. The summed E-state index contributed by atoms with van der Waals surface area (Å²) in [5, 5.41) is 0.713. The first kappa shape index (κ1) is 15.2. The van der Waals surface area contributed by atoms with E-state index in [0.717, 1.165) is 0 Å². The van der Waals surface area contributed by atoms with Gasteiger partial charge in [0.15, 0.2) is 5.41 Å². The molecule has 0 N–H and O–H groups in total. The van der Waals surface area contributed by atoms with E-state index in [1.165, 1.54) is 19.9 Å². The molecule has 2 aromatic rings. The van der Waals surface area contributed by atoms with Crippen LogP contribution in [0, 0.1) is 0 Å². The number of aromatic nitrogens is 1. The second kappa shape index (κ2) is 5.19. The van der Waals surface area contributed by atoms with Crippen LogP contribution < -0.4 is 0 Å². The number of carbonyl (C=O) groups is 2. The topological polar surface area (TPSA) is 65.5 Å². The highest BCUT2D eigenvalue weighted by molar-refractivity contribution is 6.10. The SMILES string of the molecule is C=CCC1(c2ccnc3ccccc23)C(=O)OC(C)(C)OC1=O. The minimum atomic E-state index is -1.56. The second-order valence-electron chi connectivity index (χ2n) is 5.95. The highest BCUT2D eigenvalue weighted by atomic mass is 16.7. The number of fused-ring (bicyclic) bond motifs is 1. The summed E-state index contributed by atoms with van der Waals surface area (Å²) in [7, 11) is 0. The molecule has 1 saturated heterocycles. The Bertz CT molecular complexity index is 784. The van der Waals surface area contributed by atoms with Gasteiger partial charge in [-0.2, -0.15) is 0 Å². The van der Waals surface area contributed by atoms with Gasteiger partial charge in [0.1, 0.15) is 0 Å². The summed E-state index contributed by atoms with van der Waals surface area (Å²) in [6.07, 6.45) is 3.19. The van der Waals surface area contributed by atoms with Crippen LogP contribution in [0.4, 0.5) is 0 Å². The van der Waals surface area contributed by atoms with E-state index in [1.54, 1.807) is 12.3 Å². The number of rotatable bonds is 3. The fraction of sp³-hybridized carbons (Fsp3) is 0.278. The van der Waals surface area contributed by atoms with E-state index in [9.17, 15) is 9.59 Å². The lowest BCUT2D eigenvalue weighted by Crippen LogP contribution is -2.56. The van der Waals surface area contributed by atoms with Gasteiger partial charge in [0.25, 0.3) is 5.79 Å². The minimum absolute atomic E-state index is 0.0920. The molecule has 0 spiro atoms. The van der Waals surface area contributed by atoms with Crippen molar-refractivity contribution >= 4 is 22.8 Å². The predicted octanol–water partition coefficient (Wildman–Crippen LogP) is 2.88. The van der Waals surface area contributed by atoms with Crippen LogP contribution in [0.2, 0.25) is 0 Å². The van der Waals surface area contributed by atoms with Crippen LogP contribution in [0.25, 0.3) is 10.9 Å². The number of hydrogen-bond donors (Lipinski definition) is 0. The van der Waals surface area contributed by atoms with Crippen molar-refractivity contribution in [1.29, 1.82) is 0 Å². The van der Waals surface area contributed by atoms with Gasteiger partial charge in [-0.1, -0.05) is 24.3 Å². The van der Waals surface area contributed by atoms with E-state index in [-0.39, 0.29) is 6.42 Å². The molecule has 2 heterocycles. The van der Waals surface area contributed by atoms with E-state index in [4.69, 9.17) is 9.47 Å². The van der Waals surface area contributed by atoms with Gasteiger partial charge >= 0.3 is 11.9 Å². The number of pyridine rings is 1. The lowest BCUT2D eigenvalue weighted by molar-refractivity contribution is -0.243. The number of para-hydroxylation sites is 1. The Morgan fingerprint density at radius 1 is 1.13 bits per heavy atom. The van der Waals surface area contributed by atoms with Gasteiger partial charge < -0.3 is 9.47 Å². The van der Waals surface area contributed by atoms with E-state index in [2.05, 4.69) is 11.6 Å². The third kappa shape index (κ3) is 2.29. The molecule has 1 fully saturated rings. The molecule has 0 amide bonds. The first-order valence-corrected chi connectivity index (χ1v) is 7.33. The first-order valence-electron chi connectivity index (χ1n) is 7.33. The summed E-state index contributed by atoms with van der Waals surface area (Å²) in [5.74, 6) is -2.54. The Kier molecular flexibility index (Phi) is 3.43. The van der Waals surface area contributed by atoms with Crippen molar-refractivity contribution in [2.75, 3.05) is 0 Å². The molecule has 1 aliphatic rings. The predicted molar refractivity (Wildman–Crippen MR) is 84.5 cm³/mol. The van der Waals surface area contributed by atoms with Crippen LogP contribution in [-0.2, 0) is 24.5 Å². The Labute approximate surface area is 133 Å². The fourth-order valence-electron chi connectivity index (χ4n) is 2.91. The van der Waals surface area contributed by atoms with E-state index < -0.39 is 23.1 Å². The summed E-state index contributed by atoms with van der Waals surface area (Å²) in [6.45, 7) is 6.75. The maximum absolute atomic E-state index is 12.8. The molecule has 0 radical (unpaired) electrons. The van der Waals surface area contributed by atoms with E-state index in [0.29, 0.717) is 16.5 Å². The monoisotopic (exact) mass is 311 g/mol. The number of benzene rings is 1. The molecule has 23 heavy (non-hydrogen) atoms. The normalized spacial score (nSPS) is 19.0. The highest BCUT2D eigenvalue weighted by Crippen LogP contribution is 2.41. The first-order chi connectivity index (χ1) is 10.9. The van der Waals surface area contributed by atoms with E-state index in [1.807, 2.05) is 24.3 Å². The zero-order valence-corrected chi connectivity index (χ0v) is 13.0. The Hall–Kier alpha value is -2.69. The summed E-state index contributed by atoms with van der Waals surface area (Å²) in [6, 6.07) is 8.98. The third-order valence-corrected chi connectivity index (χ3v) is 3.93. The van der Waals surface area contributed by atoms with Gasteiger partial charge in [-0.3, -0.25) is 14.6 Å². The summed E-state index contributed by atoms with van der Waals surface area (Å²) >= 11 is 0. The molecule has 0 aliphatic carbocycles. The Morgan fingerprint density at radius 2 is 1.78 bits per heavy atom. The molecule has 5 heteroatoms. The van der Waals surface area contributed by atoms with Gasteiger partial charge in [0.2, 0.25) is 0 Å². The Morgan fingerprint density at radius 3 is 2.43 bits per heavy atom. The lowest BCUT2D eigenvalue weighted by atomic mass is 9.75. The maximum atomic E-state index is 12.8. The molecule has 118 valence electrons. The number of carbonyl (C=O) groups excluding carboxylic acids is 2. The molecule has 1 aromatic carbocycles. The van der Waals surface area contributed by atoms with Crippen molar-refractivity contribution in [3.05, 3.63) is 54.7 Å². The number of hydrogen-bond acceptors (Lipinski definition) is 5. The van der Waals surface area contributed by atoms with Crippen molar-refractivity contribution in [2.45, 2.75) is 31.5 Å². The molecule has 1 aromatic heterocycles. The number of cyclic esters (lactones) is 2. The number of esters is 2. The van der Waals surface area contributed by atoms with Gasteiger partial charge in [-0.15, -0.1) is 6.58 Å². The average molecular weight is 311 g/mol. The van der Waals surface area contributed by atoms with Crippen molar-refractivity contribution in [3.63, 3.8) is 0 Å². The lowest BCUT2D eigenvalue weighted by Gasteiger charge is -2.40. The quantitative estimate of drug-likeness (QED) is 0.495. The number of allylic oxidation sites excluding steroid dienone is 1. The zero-order chi connectivity index (χ0) is 16.7. The standard InChI is InChI=1S/C18H17NO4/c1-4-10-18(15(20)22-17(2,3)23-16(18)21)13-9-11-19-14-8-6-5-7-12(13)14/h4-9,11H,1,10H2,2-3H3. The van der Waals surface area contributed by atoms with Crippen LogP contribution in [0.5, 0.6) is 0 Å². The van der Waals surface area contributed by atoms with Crippen molar-refractivity contribution in [3.8, 4) is 0 Å². The van der Waals surface area contributed by atoms with Crippen molar-refractivity contribution in [2.24, 2.45) is 0 Å². The average Bonchev–Trinajstić information content (AvgIpc) is 2.50. The van der Waals surface area contributed by atoms with Crippen molar-refractivity contribution < 1.29 is 19.1 Å². The third-order valence-electron chi connectivity index (χ3n) is 3.93. The Balaban J connectivity index is 2.28. The summed E-state index contributed by atoms with van der Waals surface area (Å²) < 4.78 is 10.7. The molecule has 3 rings (SSSR count). The summed E-state index contributed by atoms with van der Waals surface area (Å²) in [5.41, 5.74) is -0.341. The zero-order valence-electron chi connectivity index (χ0n) is 13.0. The molecule has 0 atom stereocenters. The summed E-state index contributed by atoms with van der Waals surface area (Å²) in [4.78, 5) is 29.8. The largest absolute Gasteiger partial charge is 0.422 e. The van der Waals surface area contributed by atoms with Crippen LogP contribution in [0.15, 0.2) is 49.2 Å². The molecule has 0 saturated carbocycles. The fourth-order valence-corrected chi connectivity index (χ4v) is 2.91. The number of ether oxygens (including phenoxy) is 2. The molecule has 0 bridgehead atoms. The second-order valence-corrected chi connectivity index (χ2v) is 5.95. The van der Waals surface area contributed by atoms with Gasteiger partial charge in [0, 0.05) is 25.4 Å². The molecule has 0 unspecified atom stereocenters. The molecule has 1 aliphatic heterocycles. The van der Waals surface area contributed by atoms with Crippen LogP contribution in [-0.4, -0.2) is 22.7 Å². The highest BCUT2D eigenvalue weighted by Gasteiger charge is 2.57. The van der Waals surface area contributed by atoms with Gasteiger partial charge in [-0.25, -0.2) is 0 Å². The minimum Gasteiger partial charge on any atom is -0.422 e. The van der Waals surface area contributed by atoms with Crippen molar-refractivity contribution in [1.82, 2.24) is 4.98 Å². The molecule has 5 nitrogen and oxygen atoms in total. The van der Waals surface area contributed by atoms with Crippen LogP contribution >= 0.6 is 0 Å². The maximum Gasteiger partial charge on any atom is 0.331 e. The smallest absolute Gasteiger partial charge is 0.331 e. The van der Waals surface area contributed by atoms with Crippen LogP contribution in [0.1, 0.15) is 25.8 Å². The molecular weight excluding hydrogens is 294 g/mol. The molecular formula is C18H17NO4. The van der Waals surface area contributed by atoms with E-state index >= 15 is 0 Å². The van der Waals surface area contributed by atoms with Crippen LogP contribution in [0.3, 0.4) is 0 Å².